The summed E-state index contributed by atoms with van der Waals surface area (Å²) in [6.07, 6.45) is 0. The van der Waals surface area contributed by atoms with E-state index in [1.54, 1.807) is 11.3 Å². The number of aryl methyl sites for hydroxylation is 1. The second kappa shape index (κ2) is 3.74. The maximum Gasteiger partial charge on any atom is 0.0936 e. The summed E-state index contributed by atoms with van der Waals surface area (Å²) in [6, 6.07) is 2.13. The number of anilines is 1. The molecule has 1 rings (SSSR count). The Bertz CT molecular complexity index is 220. The second-order valence-corrected chi connectivity index (χ2v) is 3.51. The normalized spacial score (nSPS) is 10.1. The third-order valence-corrected chi connectivity index (χ3v) is 2.78. The van der Waals surface area contributed by atoms with Crippen molar-refractivity contribution in [3.05, 3.63) is 17.0 Å². The Kier molecular flexibility index (Phi) is 2.91. The maximum atomic E-state index is 5.45. The number of hydrogen-bond acceptors (Lipinski definition) is 3. The van der Waals surface area contributed by atoms with Crippen molar-refractivity contribution in [2.45, 2.75) is 6.92 Å². The second-order valence-electron chi connectivity index (χ2n) is 2.62. The Hall–Kier alpha value is -0.540. The van der Waals surface area contributed by atoms with Gasteiger partial charge in [0.2, 0.25) is 0 Å². The summed E-state index contributed by atoms with van der Waals surface area (Å²) >= 11 is 1.77. The van der Waals surface area contributed by atoms with Crippen LogP contribution in [0.3, 0.4) is 0 Å². The summed E-state index contributed by atoms with van der Waals surface area (Å²) in [5, 5.41) is 3.44. The molecule has 11 heavy (non-hydrogen) atoms. The lowest BCUT2D eigenvalue weighted by Gasteiger charge is -2.16. The van der Waals surface area contributed by atoms with Crippen molar-refractivity contribution >= 4 is 16.3 Å². The lowest BCUT2D eigenvalue weighted by molar-refractivity contribution is 0.891. The van der Waals surface area contributed by atoms with E-state index in [-0.39, 0.29) is 0 Å². The number of hydrogen-bond donors (Lipinski definition) is 1. The van der Waals surface area contributed by atoms with Crippen LogP contribution in [0.25, 0.3) is 0 Å². The van der Waals surface area contributed by atoms with Gasteiger partial charge in [-0.2, -0.15) is 0 Å². The number of likely N-dealkylation sites (N-methyl/N-ethyl adjacent to an activating group) is 1. The van der Waals surface area contributed by atoms with Gasteiger partial charge in [0.05, 0.1) is 5.00 Å². The highest BCUT2D eigenvalue weighted by Gasteiger charge is 2.03. The molecule has 0 bridgehead atoms. The van der Waals surface area contributed by atoms with Crippen LogP contribution in [0.15, 0.2) is 11.4 Å². The highest BCUT2D eigenvalue weighted by atomic mass is 32.1. The van der Waals surface area contributed by atoms with Crippen molar-refractivity contribution < 1.29 is 0 Å². The van der Waals surface area contributed by atoms with Gasteiger partial charge in [0.1, 0.15) is 0 Å². The fourth-order valence-electron chi connectivity index (χ4n) is 1.05. The molecule has 0 aliphatic rings. The van der Waals surface area contributed by atoms with Crippen LogP contribution in [0.1, 0.15) is 5.56 Å². The highest BCUT2D eigenvalue weighted by Crippen LogP contribution is 2.24. The van der Waals surface area contributed by atoms with Crippen LogP contribution in [-0.4, -0.2) is 20.1 Å². The number of thiophene rings is 1. The first-order valence-corrected chi connectivity index (χ1v) is 4.59. The lowest BCUT2D eigenvalue weighted by atomic mass is 10.3. The zero-order valence-corrected chi connectivity index (χ0v) is 7.82. The standard InChI is InChI=1S/C8H14N2S/c1-7-3-6-11-8(7)10(2)5-4-9/h3,6H,4-5,9H2,1-2H3. The molecule has 0 aromatic carbocycles. The fraction of sp³-hybridized carbons (Fsp3) is 0.500. The van der Waals surface area contributed by atoms with Gasteiger partial charge < -0.3 is 10.6 Å². The third kappa shape index (κ3) is 1.94. The van der Waals surface area contributed by atoms with Crippen molar-refractivity contribution in [1.29, 1.82) is 0 Å². The van der Waals surface area contributed by atoms with Gasteiger partial charge >= 0.3 is 0 Å². The molecule has 0 radical (unpaired) electrons. The Morgan fingerprint density at radius 1 is 1.64 bits per heavy atom. The molecule has 2 N–H and O–H groups in total. The fourth-order valence-corrected chi connectivity index (χ4v) is 1.98. The van der Waals surface area contributed by atoms with Crippen molar-refractivity contribution in [3.63, 3.8) is 0 Å². The quantitative estimate of drug-likeness (QED) is 0.744. The molecule has 1 aromatic rings. The largest absolute Gasteiger partial charge is 0.365 e. The molecule has 0 spiro atoms. The SMILES string of the molecule is Cc1ccsc1N(C)CCN. The molecule has 3 heteroatoms. The first-order chi connectivity index (χ1) is 5.25. The Balaban J connectivity index is 2.67. The van der Waals surface area contributed by atoms with E-state index in [0.29, 0.717) is 6.54 Å². The summed E-state index contributed by atoms with van der Waals surface area (Å²) in [7, 11) is 2.08. The van der Waals surface area contributed by atoms with Gasteiger partial charge in [0, 0.05) is 20.1 Å². The molecule has 1 aromatic heterocycles. The molecule has 0 atom stereocenters. The van der Waals surface area contributed by atoms with E-state index in [1.165, 1.54) is 10.6 Å². The first kappa shape index (κ1) is 8.56. The lowest BCUT2D eigenvalue weighted by Crippen LogP contribution is -2.24. The van der Waals surface area contributed by atoms with E-state index in [1.807, 2.05) is 0 Å². The van der Waals surface area contributed by atoms with E-state index in [2.05, 4.69) is 30.3 Å². The van der Waals surface area contributed by atoms with Gasteiger partial charge in [-0.05, 0) is 23.9 Å². The Labute approximate surface area is 71.6 Å². The van der Waals surface area contributed by atoms with E-state index in [0.717, 1.165) is 6.54 Å². The molecular weight excluding hydrogens is 156 g/mol. The third-order valence-electron chi connectivity index (χ3n) is 1.65. The van der Waals surface area contributed by atoms with Gasteiger partial charge in [-0.15, -0.1) is 11.3 Å². The summed E-state index contributed by atoms with van der Waals surface area (Å²) in [5.41, 5.74) is 6.79. The smallest absolute Gasteiger partial charge is 0.0936 e. The van der Waals surface area contributed by atoms with Crippen molar-refractivity contribution in [2.75, 3.05) is 25.0 Å². The zero-order valence-electron chi connectivity index (χ0n) is 7.00. The summed E-state index contributed by atoms with van der Waals surface area (Å²) in [5.74, 6) is 0. The molecule has 1 heterocycles. The van der Waals surface area contributed by atoms with E-state index >= 15 is 0 Å². The molecule has 0 amide bonds. The predicted octanol–water partition coefficient (Wildman–Crippen LogP) is 1.45. The van der Waals surface area contributed by atoms with Gasteiger partial charge in [-0.3, -0.25) is 0 Å². The minimum atomic E-state index is 0.716. The van der Waals surface area contributed by atoms with Gasteiger partial charge in [0.25, 0.3) is 0 Å². The molecule has 62 valence electrons. The molecule has 0 aliphatic heterocycles. The van der Waals surface area contributed by atoms with E-state index < -0.39 is 0 Å². The molecular formula is C8H14N2S. The van der Waals surface area contributed by atoms with Crippen LogP contribution in [0, 0.1) is 6.92 Å². The minimum absolute atomic E-state index is 0.716. The predicted molar refractivity (Wildman–Crippen MR) is 51.4 cm³/mol. The van der Waals surface area contributed by atoms with Crippen LogP contribution in [0.4, 0.5) is 5.00 Å². The van der Waals surface area contributed by atoms with Gasteiger partial charge in [-0.25, -0.2) is 0 Å². The van der Waals surface area contributed by atoms with E-state index in [4.69, 9.17) is 5.73 Å². The summed E-state index contributed by atoms with van der Waals surface area (Å²) < 4.78 is 0. The van der Waals surface area contributed by atoms with Crippen LogP contribution >= 0.6 is 11.3 Å². The zero-order chi connectivity index (χ0) is 8.27. The maximum absolute atomic E-state index is 5.45. The Morgan fingerprint density at radius 3 is 2.82 bits per heavy atom. The van der Waals surface area contributed by atoms with Crippen LogP contribution in [-0.2, 0) is 0 Å². The monoisotopic (exact) mass is 170 g/mol. The number of rotatable bonds is 3. The summed E-state index contributed by atoms with van der Waals surface area (Å²) in [4.78, 5) is 2.19. The molecule has 0 saturated carbocycles. The first-order valence-electron chi connectivity index (χ1n) is 3.71. The van der Waals surface area contributed by atoms with Crippen LogP contribution < -0.4 is 10.6 Å². The van der Waals surface area contributed by atoms with Crippen molar-refractivity contribution in [1.82, 2.24) is 0 Å². The average Bonchev–Trinajstić information content (AvgIpc) is 2.36. The Morgan fingerprint density at radius 2 is 2.36 bits per heavy atom. The molecule has 0 aliphatic carbocycles. The minimum Gasteiger partial charge on any atom is -0.365 e. The topological polar surface area (TPSA) is 29.3 Å². The van der Waals surface area contributed by atoms with Gasteiger partial charge in [-0.1, -0.05) is 0 Å². The van der Waals surface area contributed by atoms with Crippen molar-refractivity contribution in [2.24, 2.45) is 5.73 Å². The number of nitrogens with zero attached hydrogens (tertiary/aromatic N) is 1. The molecule has 2 nitrogen and oxygen atoms in total. The number of nitrogens with two attached hydrogens (primary N) is 1. The average molecular weight is 170 g/mol. The van der Waals surface area contributed by atoms with Gasteiger partial charge in [0.15, 0.2) is 0 Å². The molecule has 0 saturated heterocycles. The van der Waals surface area contributed by atoms with Crippen LogP contribution in [0.2, 0.25) is 0 Å². The van der Waals surface area contributed by atoms with E-state index in [9.17, 15) is 0 Å². The molecule has 0 fully saturated rings. The van der Waals surface area contributed by atoms with Crippen LogP contribution in [0.5, 0.6) is 0 Å². The summed E-state index contributed by atoms with van der Waals surface area (Å²) in [6.45, 7) is 3.77. The molecule has 0 unspecified atom stereocenters. The highest BCUT2D eigenvalue weighted by molar-refractivity contribution is 7.14. The van der Waals surface area contributed by atoms with Crippen molar-refractivity contribution in [3.8, 4) is 0 Å².